The number of H-pyrrole nitrogens is 1. The maximum absolute atomic E-state index is 13.0. The van der Waals surface area contributed by atoms with Crippen molar-refractivity contribution >= 4 is 23.4 Å². The van der Waals surface area contributed by atoms with E-state index in [1.54, 1.807) is 6.07 Å². The SMILES string of the molecule is C[C@@H](C(N)=O)N(c1cccc(C(F)(F)F)c1)c1nc(N)[nH]c(=O)c1C#N. The Bertz CT molecular complexity index is 948. The van der Waals surface area contributed by atoms with Gasteiger partial charge in [-0.2, -0.15) is 23.4 Å². The summed E-state index contributed by atoms with van der Waals surface area (Å²) in [6.07, 6.45) is -4.64. The molecule has 1 heterocycles. The molecule has 0 spiro atoms. The number of hydrogen-bond acceptors (Lipinski definition) is 6. The number of nitrogens with two attached hydrogens (primary N) is 2. The van der Waals surface area contributed by atoms with E-state index in [1.807, 2.05) is 0 Å². The maximum atomic E-state index is 13.0. The Balaban J connectivity index is 2.78. The van der Waals surface area contributed by atoms with E-state index in [4.69, 9.17) is 11.5 Å². The number of anilines is 3. The first-order valence-corrected chi connectivity index (χ1v) is 7.12. The summed E-state index contributed by atoms with van der Waals surface area (Å²) >= 11 is 0. The standard InChI is InChI=1S/C15H13F3N6O2/c1-7(11(20)25)24(9-4-2-3-8(5-9)15(16,17)18)12-10(6-19)13(26)23-14(21)22-12/h2-5,7H,1H3,(H2,20,25)(H3,21,22,23,26)/t7-/m0/s1. The summed E-state index contributed by atoms with van der Waals surface area (Å²) < 4.78 is 39.0. The van der Waals surface area contributed by atoms with Crippen LogP contribution in [0.1, 0.15) is 18.1 Å². The van der Waals surface area contributed by atoms with Crippen molar-refractivity contribution in [3.63, 3.8) is 0 Å². The Morgan fingerprint density at radius 1 is 1.42 bits per heavy atom. The van der Waals surface area contributed by atoms with Crippen LogP contribution in [0.2, 0.25) is 0 Å². The minimum atomic E-state index is -4.64. The molecule has 11 heteroatoms. The second-order valence-corrected chi connectivity index (χ2v) is 5.26. The average Bonchev–Trinajstić information content (AvgIpc) is 2.54. The van der Waals surface area contributed by atoms with Crippen molar-refractivity contribution in [2.24, 2.45) is 5.73 Å². The number of carbonyl (C=O) groups excluding carboxylic acids is 1. The number of nitrogens with zero attached hydrogens (tertiary/aromatic N) is 3. The van der Waals surface area contributed by atoms with Crippen molar-refractivity contribution in [3.8, 4) is 6.07 Å². The first-order valence-electron chi connectivity index (χ1n) is 7.12. The highest BCUT2D eigenvalue weighted by Crippen LogP contribution is 2.34. The summed E-state index contributed by atoms with van der Waals surface area (Å²) in [5.74, 6) is -1.66. The van der Waals surface area contributed by atoms with Gasteiger partial charge in [-0.05, 0) is 25.1 Å². The zero-order chi connectivity index (χ0) is 19.6. The van der Waals surface area contributed by atoms with E-state index in [0.717, 1.165) is 23.1 Å². The van der Waals surface area contributed by atoms with E-state index < -0.39 is 34.8 Å². The number of nitrogen functional groups attached to an aromatic ring is 1. The number of benzene rings is 1. The molecule has 136 valence electrons. The van der Waals surface area contributed by atoms with Crippen molar-refractivity contribution in [2.75, 3.05) is 10.6 Å². The van der Waals surface area contributed by atoms with Crippen molar-refractivity contribution < 1.29 is 18.0 Å². The molecule has 8 nitrogen and oxygen atoms in total. The summed E-state index contributed by atoms with van der Waals surface area (Å²) in [4.78, 5) is 30.5. The molecule has 2 rings (SSSR count). The summed E-state index contributed by atoms with van der Waals surface area (Å²) in [6, 6.07) is 4.34. The molecule has 26 heavy (non-hydrogen) atoms. The molecule has 1 aromatic carbocycles. The number of alkyl halides is 3. The number of rotatable bonds is 4. The van der Waals surface area contributed by atoms with Crippen molar-refractivity contribution in [1.82, 2.24) is 9.97 Å². The fourth-order valence-corrected chi connectivity index (χ4v) is 2.24. The molecular formula is C15H13F3N6O2. The predicted octanol–water partition coefficient (Wildman–Crippen LogP) is 1.25. The van der Waals surface area contributed by atoms with Crippen LogP contribution in [0, 0.1) is 11.3 Å². The van der Waals surface area contributed by atoms with Gasteiger partial charge in [-0.1, -0.05) is 6.07 Å². The molecule has 1 aromatic heterocycles. The molecule has 1 atom stereocenters. The van der Waals surface area contributed by atoms with E-state index in [2.05, 4.69) is 9.97 Å². The number of amides is 1. The van der Waals surface area contributed by atoms with E-state index >= 15 is 0 Å². The molecule has 0 unspecified atom stereocenters. The average molecular weight is 366 g/mol. The van der Waals surface area contributed by atoms with Crippen LogP contribution in [0.5, 0.6) is 0 Å². The summed E-state index contributed by atoms with van der Waals surface area (Å²) in [5, 5.41) is 9.22. The number of halogens is 3. The number of nitriles is 1. The molecule has 0 aliphatic heterocycles. The molecule has 5 N–H and O–H groups in total. The monoisotopic (exact) mass is 366 g/mol. The van der Waals surface area contributed by atoms with E-state index in [9.17, 15) is 28.0 Å². The molecule has 2 aromatic rings. The summed E-state index contributed by atoms with van der Waals surface area (Å²) in [5.41, 5.74) is 8.19. The lowest BCUT2D eigenvalue weighted by Crippen LogP contribution is -2.41. The van der Waals surface area contributed by atoms with E-state index in [0.29, 0.717) is 0 Å². The fraction of sp³-hybridized carbons (Fsp3) is 0.200. The van der Waals surface area contributed by atoms with Gasteiger partial charge in [0.25, 0.3) is 5.56 Å². The van der Waals surface area contributed by atoms with Gasteiger partial charge in [0.1, 0.15) is 12.1 Å². The first kappa shape index (κ1) is 18.8. The van der Waals surface area contributed by atoms with Gasteiger partial charge in [-0.3, -0.25) is 14.6 Å². The Kier molecular flexibility index (Phi) is 4.88. The fourth-order valence-electron chi connectivity index (χ4n) is 2.24. The van der Waals surface area contributed by atoms with E-state index in [-0.39, 0.29) is 17.5 Å². The Morgan fingerprint density at radius 2 is 2.08 bits per heavy atom. The highest BCUT2D eigenvalue weighted by Gasteiger charge is 2.33. The lowest BCUT2D eigenvalue weighted by Gasteiger charge is -2.29. The molecule has 0 saturated carbocycles. The predicted molar refractivity (Wildman–Crippen MR) is 86.2 cm³/mol. The third-order valence-electron chi connectivity index (χ3n) is 3.51. The third-order valence-corrected chi connectivity index (χ3v) is 3.51. The zero-order valence-corrected chi connectivity index (χ0v) is 13.3. The van der Waals surface area contributed by atoms with Crippen molar-refractivity contribution in [3.05, 3.63) is 45.7 Å². The molecule has 1 amide bonds. The van der Waals surface area contributed by atoms with Crippen LogP contribution < -0.4 is 21.9 Å². The lowest BCUT2D eigenvalue weighted by molar-refractivity contribution is -0.137. The topological polar surface area (TPSA) is 142 Å². The second kappa shape index (κ2) is 6.75. The Morgan fingerprint density at radius 3 is 2.62 bits per heavy atom. The van der Waals surface area contributed by atoms with Crippen molar-refractivity contribution in [1.29, 1.82) is 5.26 Å². The molecule has 0 saturated heterocycles. The molecule has 0 aliphatic rings. The summed E-state index contributed by atoms with van der Waals surface area (Å²) in [6.45, 7) is 1.29. The van der Waals surface area contributed by atoms with Crippen LogP contribution in [-0.2, 0) is 11.0 Å². The maximum Gasteiger partial charge on any atom is 0.416 e. The molecule has 0 bridgehead atoms. The van der Waals surface area contributed by atoms with Gasteiger partial charge in [-0.15, -0.1) is 0 Å². The molecule has 0 fully saturated rings. The smallest absolute Gasteiger partial charge is 0.369 e. The van der Waals surface area contributed by atoms with E-state index in [1.165, 1.54) is 13.0 Å². The number of aromatic nitrogens is 2. The highest BCUT2D eigenvalue weighted by molar-refractivity contribution is 5.86. The van der Waals surface area contributed by atoms with Gasteiger partial charge >= 0.3 is 6.18 Å². The number of carbonyl (C=O) groups is 1. The van der Waals surface area contributed by atoms with Crippen LogP contribution in [0.15, 0.2) is 29.1 Å². The number of aromatic amines is 1. The number of hydrogen-bond donors (Lipinski definition) is 3. The molecular weight excluding hydrogens is 353 g/mol. The highest BCUT2D eigenvalue weighted by atomic mass is 19.4. The van der Waals surface area contributed by atoms with Gasteiger partial charge in [0, 0.05) is 5.69 Å². The quantitative estimate of drug-likeness (QED) is 0.743. The molecule has 0 aliphatic carbocycles. The Labute approximate surface area is 144 Å². The van der Waals surface area contributed by atoms with Crippen LogP contribution in [-0.4, -0.2) is 21.9 Å². The van der Waals surface area contributed by atoms with Gasteiger partial charge in [0.15, 0.2) is 11.4 Å². The van der Waals surface area contributed by atoms with Gasteiger partial charge < -0.3 is 16.4 Å². The Hall–Kier alpha value is -3.55. The van der Waals surface area contributed by atoms with Gasteiger partial charge in [0.05, 0.1) is 5.56 Å². The number of primary amides is 1. The van der Waals surface area contributed by atoms with Gasteiger partial charge in [-0.25, -0.2) is 0 Å². The number of nitrogens with one attached hydrogen (secondary N) is 1. The van der Waals surface area contributed by atoms with Crippen LogP contribution in [0.25, 0.3) is 0 Å². The lowest BCUT2D eigenvalue weighted by atomic mass is 10.1. The normalized spacial score (nSPS) is 12.3. The minimum absolute atomic E-state index is 0.139. The first-order chi connectivity index (χ1) is 12.1. The van der Waals surface area contributed by atoms with Crippen LogP contribution in [0.4, 0.5) is 30.6 Å². The zero-order valence-electron chi connectivity index (χ0n) is 13.3. The second-order valence-electron chi connectivity index (χ2n) is 5.26. The summed E-state index contributed by atoms with van der Waals surface area (Å²) in [7, 11) is 0. The third kappa shape index (κ3) is 3.59. The van der Waals surface area contributed by atoms with Crippen LogP contribution in [0.3, 0.4) is 0 Å². The largest absolute Gasteiger partial charge is 0.416 e. The van der Waals surface area contributed by atoms with Gasteiger partial charge in [0.2, 0.25) is 11.9 Å². The van der Waals surface area contributed by atoms with Crippen LogP contribution >= 0.6 is 0 Å². The van der Waals surface area contributed by atoms with Crippen molar-refractivity contribution in [2.45, 2.75) is 19.1 Å². The minimum Gasteiger partial charge on any atom is -0.369 e. The molecule has 0 radical (unpaired) electrons.